The molecule has 148 valence electrons. The zero-order chi connectivity index (χ0) is 19.8. The normalized spacial score (nSPS) is 18.6. The molecule has 1 amide bonds. The van der Waals surface area contributed by atoms with E-state index in [9.17, 15) is 9.59 Å². The van der Waals surface area contributed by atoms with E-state index in [1.165, 1.54) is 0 Å². The highest BCUT2D eigenvalue weighted by Crippen LogP contribution is 2.40. The number of fused-ring (bicyclic) bond motifs is 2. The van der Waals surface area contributed by atoms with Crippen molar-refractivity contribution in [1.29, 1.82) is 0 Å². The zero-order valence-electron chi connectivity index (χ0n) is 15.7. The van der Waals surface area contributed by atoms with Crippen LogP contribution in [0.1, 0.15) is 27.6 Å². The molecule has 0 saturated carbocycles. The molecule has 1 fully saturated rings. The summed E-state index contributed by atoms with van der Waals surface area (Å²) in [5.41, 5.74) is 2.46. The maximum absolute atomic E-state index is 12.9. The lowest BCUT2D eigenvalue weighted by atomic mass is 10.1. The third kappa shape index (κ3) is 3.35. The van der Waals surface area contributed by atoms with Crippen LogP contribution in [-0.2, 0) is 4.79 Å². The van der Waals surface area contributed by atoms with E-state index in [-0.39, 0.29) is 12.0 Å². The van der Waals surface area contributed by atoms with Gasteiger partial charge in [-0.1, -0.05) is 24.3 Å². The van der Waals surface area contributed by atoms with Crippen molar-refractivity contribution >= 4 is 34.4 Å². The van der Waals surface area contributed by atoms with E-state index in [0.29, 0.717) is 18.7 Å². The number of benzene rings is 2. The standard InChI is InChI=1S/C22H20N2O4S/c25-21(16-12-23-17-4-2-1-3-15(16)17)22(26)24-8-7-20(29-10-9-24)14-5-6-18-19(11-14)28-13-27-18/h1-6,11-12,20,23H,7-10,13H2. The third-order valence-corrected chi connectivity index (χ3v) is 6.75. The second-order valence-electron chi connectivity index (χ2n) is 7.13. The largest absolute Gasteiger partial charge is 0.454 e. The van der Waals surface area contributed by atoms with Crippen LogP contribution in [-0.4, -0.2) is 47.2 Å². The molecule has 6 nitrogen and oxygen atoms in total. The van der Waals surface area contributed by atoms with Gasteiger partial charge in [0.25, 0.3) is 11.7 Å². The number of ether oxygens (including phenoxy) is 2. The number of rotatable bonds is 3. The van der Waals surface area contributed by atoms with Gasteiger partial charge in [-0.05, 0) is 30.2 Å². The molecule has 0 aliphatic carbocycles. The maximum Gasteiger partial charge on any atom is 0.295 e. The number of para-hydroxylation sites is 1. The molecule has 1 saturated heterocycles. The monoisotopic (exact) mass is 408 g/mol. The first kappa shape index (κ1) is 18.1. The van der Waals surface area contributed by atoms with Gasteiger partial charge in [-0.25, -0.2) is 0 Å². The number of amides is 1. The van der Waals surface area contributed by atoms with Gasteiger partial charge in [-0.3, -0.25) is 9.59 Å². The van der Waals surface area contributed by atoms with Crippen molar-refractivity contribution in [3.05, 3.63) is 59.8 Å². The van der Waals surface area contributed by atoms with Crippen molar-refractivity contribution < 1.29 is 19.1 Å². The second kappa shape index (κ2) is 7.48. The number of ketones is 1. The summed E-state index contributed by atoms with van der Waals surface area (Å²) in [7, 11) is 0. The number of nitrogens with one attached hydrogen (secondary N) is 1. The highest BCUT2D eigenvalue weighted by Gasteiger charge is 2.29. The number of aromatic nitrogens is 1. The van der Waals surface area contributed by atoms with Gasteiger partial charge in [-0.2, -0.15) is 11.8 Å². The zero-order valence-corrected chi connectivity index (χ0v) is 16.5. The average Bonchev–Trinajstić information content (AvgIpc) is 3.32. The molecule has 0 radical (unpaired) electrons. The number of hydrogen-bond acceptors (Lipinski definition) is 5. The maximum atomic E-state index is 12.9. The smallest absolute Gasteiger partial charge is 0.295 e. The molecular weight excluding hydrogens is 388 g/mol. The molecule has 3 heterocycles. The number of hydrogen-bond donors (Lipinski definition) is 1. The molecule has 2 aromatic carbocycles. The fourth-order valence-electron chi connectivity index (χ4n) is 3.87. The highest BCUT2D eigenvalue weighted by atomic mass is 32.2. The van der Waals surface area contributed by atoms with E-state index in [4.69, 9.17) is 9.47 Å². The number of carbonyl (C=O) groups excluding carboxylic acids is 2. The quantitative estimate of drug-likeness (QED) is 0.527. The molecule has 1 unspecified atom stereocenters. The summed E-state index contributed by atoms with van der Waals surface area (Å²) >= 11 is 1.81. The minimum absolute atomic E-state index is 0.255. The van der Waals surface area contributed by atoms with E-state index in [1.807, 2.05) is 48.2 Å². The predicted octanol–water partition coefficient (Wildman–Crippen LogP) is 3.79. The lowest BCUT2D eigenvalue weighted by molar-refractivity contribution is -0.126. The van der Waals surface area contributed by atoms with Crippen LogP contribution < -0.4 is 9.47 Å². The van der Waals surface area contributed by atoms with E-state index >= 15 is 0 Å². The topological polar surface area (TPSA) is 71.6 Å². The van der Waals surface area contributed by atoms with Crippen molar-refractivity contribution in [2.45, 2.75) is 11.7 Å². The van der Waals surface area contributed by atoms with Crippen LogP contribution in [0, 0.1) is 0 Å². The fourth-order valence-corrected chi connectivity index (χ4v) is 5.09. The Balaban J connectivity index is 1.30. The van der Waals surface area contributed by atoms with Gasteiger partial charge in [0, 0.05) is 41.2 Å². The number of aromatic amines is 1. The Morgan fingerprint density at radius 1 is 1.07 bits per heavy atom. The first-order chi connectivity index (χ1) is 14.2. The minimum atomic E-state index is -0.450. The van der Waals surface area contributed by atoms with Crippen LogP contribution >= 0.6 is 11.8 Å². The predicted molar refractivity (Wildman–Crippen MR) is 112 cm³/mol. The Labute approximate surface area is 172 Å². The molecule has 0 bridgehead atoms. The van der Waals surface area contributed by atoms with Gasteiger partial charge < -0.3 is 19.4 Å². The van der Waals surface area contributed by atoms with Crippen LogP contribution in [0.5, 0.6) is 11.5 Å². The molecule has 2 aliphatic heterocycles. The molecule has 1 N–H and O–H groups in total. The van der Waals surface area contributed by atoms with Crippen LogP contribution in [0.3, 0.4) is 0 Å². The lowest BCUT2D eigenvalue weighted by Gasteiger charge is -2.19. The minimum Gasteiger partial charge on any atom is -0.454 e. The van der Waals surface area contributed by atoms with Gasteiger partial charge >= 0.3 is 0 Å². The molecule has 5 rings (SSSR count). The summed E-state index contributed by atoms with van der Waals surface area (Å²) in [6.45, 7) is 1.38. The van der Waals surface area contributed by atoms with Gasteiger partial charge in [0.15, 0.2) is 11.5 Å². The van der Waals surface area contributed by atoms with Gasteiger partial charge in [0.1, 0.15) is 0 Å². The molecule has 1 atom stereocenters. The Morgan fingerprint density at radius 3 is 2.86 bits per heavy atom. The van der Waals surface area contributed by atoms with Gasteiger partial charge in [0.2, 0.25) is 6.79 Å². The van der Waals surface area contributed by atoms with E-state index < -0.39 is 11.7 Å². The summed E-state index contributed by atoms with van der Waals surface area (Å²) < 4.78 is 10.9. The number of thioether (sulfide) groups is 1. The Bertz CT molecular complexity index is 1090. The van der Waals surface area contributed by atoms with Crippen LogP contribution in [0.15, 0.2) is 48.7 Å². The first-order valence-electron chi connectivity index (χ1n) is 9.61. The molecular formula is C22H20N2O4S. The van der Waals surface area contributed by atoms with Crippen LogP contribution in [0.25, 0.3) is 10.9 Å². The van der Waals surface area contributed by atoms with Crippen LogP contribution in [0.4, 0.5) is 0 Å². The van der Waals surface area contributed by atoms with E-state index in [1.54, 1.807) is 11.1 Å². The first-order valence-corrected chi connectivity index (χ1v) is 10.7. The molecule has 7 heteroatoms. The number of Topliss-reactive ketones (excluding diaryl/α,β-unsaturated/α-hetero) is 1. The van der Waals surface area contributed by atoms with Crippen molar-refractivity contribution in [3.8, 4) is 11.5 Å². The number of nitrogens with zero attached hydrogens (tertiary/aromatic N) is 1. The summed E-state index contributed by atoms with van der Waals surface area (Å²) in [4.78, 5) is 30.5. The average molecular weight is 408 g/mol. The van der Waals surface area contributed by atoms with Crippen molar-refractivity contribution in [3.63, 3.8) is 0 Å². The van der Waals surface area contributed by atoms with Gasteiger partial charge in [-0.15, -0.1) is 0 Å². The molecule has 3 aromatic rings. The van der Waals surface area contributed by atoms with E-state index in [2.05, 4.69) is 11.1 Å². The van der Waals surface area contributed by atoms with Crippen molar-refractivity contribution in [2.75, 3.05) is 25.6 Å². The van der Waals surface area contributed by atoms with Gasteiger partial charge in [0.05, 0.1) is 5.56 Å². The van der Waals surface area contributed by atoms with E-state index in [0.717, 1.165) is 40.1 Å². The Hall–Kier alpha value is -2.93. The lowest BCUT2D eigenvalue weighted by Crippen LogP contribution is -2.38. The molecule has 1 aromatic heterocycles. The molecule has 2 aliphatic rings. The van der Waals surface area contributed by atoms with Crippen molar-refractivity contribution in [2.24, 2.45) is 0 Å². The summed E-state index contributed by atoms with van der Waals surface area (Å²) in [5, 5.41) is 1.04. The Morgan fingerprint density at radius 2 is 1.93 bits per heavy atom. The third-order valence-electron chi connectivity index (χ3n) is 5.43. The fraction of sp³-hybridized carbons (Fsp3) is 0.273. The highest BCUT2D eigenvalue weighted by molar-refractivity contribution is 7.99. The number of H-pyrrole nitrogens is 1. The summed E-state index contributed by atoms with van der Waals surface area (Å²) in [6.07, 6.45) is 2.42. The molecule has 29 heavy (non-hydrogen) atoms. The van der Waals surface area contributed by atoms with Crippen molar-refractivity contribution in [1.82, 2.24) is 9.88 Å². The second-order valence-corrected chi connectivity index (χ2v) is 8.44. The SMILES string of the molecule is O=C(C(=O)N1CCSC(c2ccc3c(c2)OCO3)CC1)c1c[nH]c2ccccc12. The summed E-state index contributed by atoms with van der Waals surface area (Å²) in [5.74, 6) is 1.45. The van der Waals surface area contributed by atoms with Crippen LogP contribution in [0.2, 0.25) is 0 Å². The molecule has 0 spiro atoms. The summed E-state index contributed by atoms with van der Waals surface area (Å²) in [6, 6.07) is 13.5. The Kier molecular flexibility index (Phi) is 4.67. The number of carbonyl (C=O) groups is 2.